The SMILES string of the molecule is COCCCN(CC(=O)N(Cc1ccccc1)Cc1ccc(C)s1)C(=O)c1cccc(F)c1. The standard InChI is InChI=1S/C26H29FN2O3S/c1-20-12-13-24(33-20)18-29(17-21-8-4-3-5-9-21)25(30)19-28(14-7-15-32-2)26(31)22-10-6-11-23(27)16-22/h3-6,8-13,16H,7,14-15,17-19H2,1-2H3. The van der Waals surface area contributed by atoms with Crippen LogP contribution in [0.5, 0.6) is 0 Å². The number of hydrogen-bond donors (Lipinski definition) is 0. The number of ether oxygens (including phenoxy) is 1. The molecule has 7 heteroatoms. The van der Waals surface area contributed by atoms with Gasteiger partial charge in [-0.3, -0.25) is 9.59 Å². The first kappa shape index (κ1) is 24.6. The number of rotatable bonds is 11. The number of thiophene rings is 1. The van der Waals surface area contributed by atoms with E-state index in [2.05, 4.69) is 0 Å². The molecule has 33 heavy (non-hydrogen) atoms. The maximum atomic E-state index is 13.7. The summed E-state index contributed by atoms with van der Waals surface area (Å²) in [5, 5.41) is 0. The Morgan fingerprint density at radius 2 is 1.76 bits per heavy atom. The third-order valence-electron chi connectivity index (χ3n) is 5.17. The van der Waals surface area contributed by atoms with Crippen LogP contribution in [0.15, 0.2) is 66.7 Å². The van der Waals surface area contributed by atoms with E-state index >= 15 is 0 Å². The lowest BCUT2D eigenvalue weighted by atomic mass is 10.1. The average Bonchev–Trinajstić information content (AvgIpc) is 3.22. The van der Waals surface area contributed by atoms with Crippen LogP contribution in [0.1, 0.15) is 32.1 Å². The molecule has 0 aliphatic heterocycles. The Hall–Kier alpha value is -3.03. The van der Waals surface area contributed by atoms with Crippen molar-refractivity contribution in [2.45, 2.75) is 26.4 Å². The number of benzene rings is 2. The summed E-state index contributed by atoms with van der Waals surface area (Å²) in [7, 11) is 1.59. The van der Waals surface area contributed by atoms with Crippen molar-refractivity contribution in [3.8, 4) is 0 Å². The van der Waals surface area contributed by atoms with Crippen LogP contribution < -0.4 is 0 Å². The predicted molar refractivity (Wildman–Crippen MR) is 129 cm³/mol. The molecular formula is C26H29FN2O3S. The van der Waals surface area contributed by atoms with Crippen LogP contribution in [0.25, 0.3) is 0 Å². The zero-order valence-corrected chi connectivity index (χ0v) is 19.8. The second-order valence-corrected chi connectivity index (χ2v) is 9.20. The molecule has 0 fully saturated rings. The summed E-state index contributed by atoms with van der Waals surface area (Å²) in [5.74, 6) is -1.01. The van der Waals surface area contributed by atoms with Crippen molar-refractivity contribution in [1.29, 1.82) is 0 Å². The second kappa shape index (κ2) is 12.3. The molecule has 0 aliphatic carbocycles. The molecular weight excluding hydrogens is 439 g/mol. The Morgan fingerprint density at radius 1 is 0.970 bits per heavy atom. The Morgan fingerprint density at radius 3 is 2.42 bits per heavy atom. The van der Waals surface area contributed by atoms with Gasteiger partial charge in [-0.05, 0) is 49.2 Å². The van der Waals surface area contributed by atoms with Crippen LogP contribution in [-0.2, 0) is 22.6 Å². The molecule has 1 aromatic heterocycles. The smallest absolute Gasteiger partial charge is 0.254 e. The molecule has 0 atom stereocenters. The van der Waals surface area contributed by atoms with Crippen molar-refractivity contribution >= 4 is 23.2 Å². The molecule has 174 valence electrons. The van der Waals surface area contributed by atoms with Gasteiger partial charge in [-0.25, -0.2) is 4.39 Å². The average molecular weight is 469 g/mol. The molecule has 0 saturated carbocycles. The molecule has 2 amide bonds. The maximum absolute atomic E-state index is 13.7. The Bertz CT molecular complexity index is 1050. The fourth-order valence-corrected chi connectivity index (χ4v) is 4.42. The van der Waals surface area contributed by atoms with Gasteiger partial charge in [-0.15, -0.1) is 11.3 Å². The fraction of sp³-hybridized carbons (Fsp3) is 0.308. The molecule has 0 N–H and O–H groups in total. The Kier molecular flexibility index (Phi) is 9.15. The molecule has 0 spiro atoms. The Labute approximate surface area is 198 Å². The zero-order chi connectivity index (χ0) is 23.6. The number of carbonyl (C=O) groups is 2. The van der Waals surface area contributed by atoms with Crippen molar-refractivity contribution < 1.29 is 18.7 Å². The van der Waals surface area contributed by atoms with Crippen LogP contribution in [-0.4, -0.2) is 48.4 Å². The number of halogens is 1. The molecule has 3 aromatic rings. The van der Waals surface area contributed by atoms with Crippen LogP contribution in [0.3, 0.4) is 0 Å². The summed E-state index contributed by atoms with van der Waals surface area (Å²) in [6, 6.07) is 19.4. The molecule has 3 rings (SSSR count). The van der Waals surface area contributed by atoms with E-state index in [0.29, 0.717) is 32.7 Å². The highest BCUT2D eigenvalue weighted by molar-refractivity contribution is 7.11. The Balaban J connectivity index is 1.80. The van der Waals surface area contributed by atoms with Crippen molar-refractivity contribution in [2.75, 3.05) is 26.8 Å². The summed E-state index contributed by atoms with van der Waals surface area (Å²) >= 11 is 1.65. The minimum atomic E-state index is -0.484. The molecule has 5 nitrogen and oxygen atoms in total. The van der Waals surface area contributed by atoms with Crippen LogP contribution in [0, 0.1) is 12.7 Å². The fourth-order valence-electron chi connectivity index (χ4n) is 3.51. The number of hydrogen-bond acceptors (Lipinski definition) is 4. The molecule has 0 bridgehead atoms. The summed E-state index contributed by atoms with van der Waals surface area (Å²) < 4.78 is 18.8. The van der Waals surface area contributed by atoms with E-state index in [1.165, 1.54) is 28.0 Å². The highest BCUT2D eigenvalue weighted by atomic mass is 32.1. The summed E-state index contributed by atoms with van der Waals surface area (Å²) in [6.07, 6.45) is 0.577. The number of amides is 2. The maximum Gasteiger partial charge on any atom is 0.254 e. The lowest BCUT2D eigenvalue weighted by Crippen LogP contribution is -2.43. The topological polar surface area (TPSA) is 49.9 Å². The van der Waals surface area contributed by atoms with Crippen molar-refractivity contribution in [3.63, 3.8) is 0 Å². The predicted octanol–water partition coefficient (Wildman–Crippen LogP) is 4.90. The van der Waals surface area contributed by atoms with Gasteiger partial charge in [0, 0.05) is 42.1 Å². The van der Waals surface area contributed by atoms with Crippen molar-refractivity contribution in [3.05, 3.63) is 93.4 Å². The number of aryl methyl sites for hydroxylation is 1. The lowest BCUT2D eigenvalue weighted by molar-refractivity contribution is -0.133. The summed E-state index contributed by atoms with van der Waals surface area (Å²) in [6.45, 7) is 3.65. The van der Waals surface area contributed by atoms with E-state index in [1.807, 2.05) is 49.4 Å². The van der Waals surface area contributed by atoms with Crippen LogP contribution in [0.2, 0.25) is 0 Å². The number of carbonyl (C=O) groups excluding carboxylic acids is 2. The minimum absolute atomic E-state index is 0.0871. The van der Waals surface area contributed by atoms with E-state index in [9.17, 15) is 14.0 Å². The van der Waals surface area contributed by atoms with E-state index in [4.69, 9.17) is 4.74 Å². The van der Waals surface area contributed by atoms with Gasteiger partial charge in [0.05, 0.1) is 6.54 Å². The largest absolute Gasteiger partial charge is 0.385 e. The highest BCUT2D eigenvalue weighted by Gasteiger charge is 2.23. The first-order valence-electron chi connectivity index (χ1n) is 10.9. The van der Waals surface area contributed by atoms with Gasteiger partial charge in [-0.2, -0.15) is 0 Å². The lowest BCUT2D eigenvalue weighted by Gasteiger charge is -2.28. The molecule has 0 radical (unpaired) electrons. The molecule has 2 aromatic carbocycles. The first-order valence-corrected chi connectivity index (χ1v) is 11.7. The van der Waals surface area contributed by atoms with E-state index in [-0.39, 0.29) is 23.9 Å². The third-order valence-corrected chi connectivity index (χ3v) is 6.16. The van der Waals surface area contributed by atoms with Gasteiger partial charge in [0.1, 0.15) is 12.4 Å². The highest BCUT2D eigenvalue weighted by Crippen LogP contribution is 2.19. The molecule has 0 saturated heterocycles. The van der Waals surface area contributed by atoms with E-state index < -0.39 is 5.82 Å². The molecule has 0 aliphatic rings. The van der Waals surface area contributed by atoms with E-state index in [1.54, 1.807) is 29.4 Å². The monoisotopic (exact) mass is 468 g/mol. The minimum Gasteiger partial charge on any atom is -0.385 e. The van der Waals surface area contributed by atoms with Crippen molar-refractivity contribution in [1.82, 2.24) is 9.80 Å². The van der Waals surface area contributed by atoms with E-state index in [0.717, 1.165) is 10.4 Å². The number of nitrogens with zero attached hydrogens (tertiary/aromatic N) is 2. The van der Waals surface area contributed by atoms with Crippen molar-refractivity contribution in [2.24, 2.45) is 0 Å². The third kappa shape index (κ3) is 7.51. The molecule has 0 unspecified atom stereocenters. The van der Waals surface area contributed by atoms with Gasteiger partial charge in [0.2, 0.25) is 5.91 Å². The van der Waals surface area contributed by atoms with Gasteiger partial charge < -0.3 is 14.5 Å². The zero-order valence-electron chi connectivity index (χ0n) is 19.0. The van der Waals surface area contributed by atoms with Gasteiger partial charge >= 0.3 is 0 Å². The van der Waals surface area contributed by atoms with Gasteiger partial charge in [-0.1, -0.05) is 36.4 Å². The van der Waals surface area contributed by atoms with Crippen LogP contribution in [0.4, 0.5) is 4.39 Å². The number of methoxy groups -OCH3 is 1. The normalized spacial score (nSPS) is 10.8. The molecule has 1 heterocycles. The van der Waals surface area contributed by atoms with Gasteiger partial charge in [0.15, 0.2) is 0 Å². The first-order chi connectivity index (χ1) is 16.0. The second-order valence-electron chi connectivity index (χ2n) is 7.83. The summed E-state index contributed by atoms with van der Waals surface area (Å²) in [5.41, 5.74) is 1.24. The van der Waals surface area contributed by atoms with Crippen LogP contribution >= 0.6 is 11.3 Å². The quantitative estimate of drug-likeness (QED) is 0.376. The summed E-state index contributed by atoms with van der Waals surface area (Å²) in [4.78, 5) is 32.1. The van der Waals surface area contributed by atoms with Gasteiger partial charge in [0.25, 0.3) is 5.91 Å².